The number of amides is 2. The molecule has 0 saturated carbocycles. The molecule has 1 aliphatic heterocycles. The van der Waals surface area contributed by atoms with Gasteiger partial charge in [-0.05, 0) is 44.2 Å². The van der Waals surface area contributed by atoms with Crippen molar-refractivity contribution in [2.45, 2.75) is 39.2 Å². The van der Waals surface area contributed by atoms with E-state index < -0.39 is 0 Å². The Bertz CT molecular complexity index is 744. The van der Waals surface area contributed by atoms with E-state index in [2.05, 4.69) is 15.3 Å². The van der Waals surface area contributed by atoms with Crippen LogP contribution in [-0.4, -0.2) is 39.8 Å². The summed E-state index contributed by atoms with van der Waals surface area (Å²) >= 11 is 0. The number of rotatable bonds is 6. The van der Waals surface area contributed by atoms with Crippen molar-refractivity contribution in [2.24, 2.45) is 5.92 Å². The van der Waals surface area contributed by atoms with E-state index in [0.717, 1.165) is 37.3 Å². The van der Waals surface area contributed by atoms with E-state index in [-0.39, 0.29) is 11.8 Å². The molecule has 1 fully saturated rings. The predicted octanol–water partition coefficient (Wildman–Crippen LogP) is 2.33. The highest BCUT2D eigenvalue weighted by Gasteiger charge is 2.25. The van der Waals surface area contributed by atoms with Crippen LogP contribution < -0.4 is 5.32 Å². The molecule has 1 unspecified atom stereocenters. The van der Waals surface area contributed by atoms with Gasteiger partial charge in [-0.25, -0.2) is 4.98 Å². The van der Waals surface area contributed by atoms with Crippen molar-refractivity contribution in [3.63, 3.8) is 0 Å². The Kier molecular flexibility index (Phi) is 5.99. The molecule has 3 rings (SSSR count). The van der Waals surface area contributed by atoms with Gasteiger partial charge in [-0.15, -0.1) is 0 Å². The first-order chi connectivity index (χ1) is 12.6. The third kappa shape index (κ3) is 4.91. The highest BCUT2D eigenvalue weighted by atomic mass is 16.3. The van der Waals surface area contributed by atoms with Crippen molar-refractivity contribution in [3.8, 4) is 0 Å². The summed E-state index contributed by atoms with van der Waals surface area (Å²) in [4.78, 5) is 34.4. The van der Waals surface area contributed by atoms with Gasteiger partial charge in [0.15, 0.2) is 0 Å². The van der Waals surface area contributed by atoms with Crippen LogP contribution in [0.5, 0.6) is 0 Å². The standard InChI is InChI=1S/C19H24N4O3/c1-14-4-6-16(26-14)11-22-18(24)7-5-15-3-2-10-23(13-15)19(25)17-12-20-8-9-21-17/h4,6,8-9,12,15H,2-3,5,7,10-11,13H2,1H3,(H,22,24). The number of likely N-dealkylation sites (tertiary alicyclic amines) is 1. The second-order valence-electron chi connectivity index (χ2n) is 6.68. The quantitative estimate of drug-likeness (QED) is 0.858. The first-order valence-electron chi connectivity index (χ1n) is 8.99. The molecule has 7 heteroatoms. The van der Waals surface area contributed by atoms with Crippen molar-refractivity contribution < 1.29 is 14.0 Å². The molecule has 138 valence electrons. The summed E-state index contributed by atoms with van der Waals surface area (Å²) in [5.74, 6) is 1.86. The number of nitrogens with one attached hydrogen (secondary N) is 1. The normalized spacial score (nSPS) is 17.1. The fourth-order valence-corrected chi connectivity index (χ4v) is 3.25. The zero-order chi connectivity index (χ0) is 18.4. The number of carbonyl (C=O) groups is 2. The van der Waals surface area contributed by atoms with Crippen molar-refractivity contribution in [2.75, 3.05) is 13.1 Å². The second-order valence-corrected chi connectivity index (χ2v) is 6.68. The minimum absolute atomic E-state index is 0.0106. The summed E-state index contributed by atoms with van der Waals surface area (Å²) in [7, 11) is 0. The Labute approximate surface area is 152 Å². The summed E-state index contributed by atoms with van der Waals surface area (Å²) in [5, 5.41) is 2.88. The number of aromatic nitrogens is 2. The second kappa shape index (κ2) is 8.60. The van der Waals surface area contributed by atoms with Gasteiger partial charge in [0.05, 0.1) is 12.7 Å². The SMILES string of the molecule is Cc1ccc(CNC(=O)CCC2CCCN(C(=O)c3cnccn3)C2)o1. The van der Waals surface area contributed by atoms with Gasteiger partial charge >= 0.3 is 0 Å². The summed E-state index contributed by atoms with van der Waals surface area (Å²) in [6, 6.07) is 3.75. The van der Waals surface area contributed by atoms with Gasteiger partial charge < -0.3 is 14.6 Å². The summed E-state index contributed by atoms with van der Waals surface area (Å²) in [5.41, 5.74) is 0.375. The molecule has 1 atom stereocenters. The maximum absolute atomic E-state index is 12.5. The lowest BCUT2D eigenvalue weighted by Gasteiger charge is -2.32. The first kappa shape index (κ1) is 18.1. The van der Waals surface area contributed by atoms with Crippen LogP contribution in [0.3, 0.4) is 0 Å². The van der Waals surface area contributed by atoms with Crippen LogP contribution in [0.15, 0.2) is 35.1 Å². The molecule has 2 amide bonds. The minimum atomic E-state index is -0.0829. The highest BCUT2D eigenvalue weighted by Crippen LogP contribution is 2.22. The molecule has 26 heavy (non-hydrogen) atoms. The third-order valence-corrected chi connectivity index (χ3v) is 4.62. The van der Waals surface area contributed by atoms with E-state index in [0.29, 0.717) is 31.1 Å². The van der Waals surface area contributed by atoms with E-state index in [9.17, 15) is 9.59 Å². The maximum Gasteiger partial charge on any atom is 0.274 e. The zero-order valence-electron chi connectivity index (χ0n) is 15.0. The summed E-state index contributed by atoms with van der Waals surface area (Å²) in [6.07, 6.45) is 7.79. The number of carbonyl (C=O) groups excluding carboxylic acids is 2. The maximum atomic E-state index is 12.5. The van der Waals surface area contributed by atoms with E-state index in [1.807, 2.05) is 24.0 Å². The van der Waals surface area contributed by atoms with Gasteiger partial charge in [-0.1, -0.05) is 0 Å². The molecular weight excluding hydrogens is 332 g/mol. The van der Waals surface area contributed by atoms with Crippen LogP contribution in [0.25, 0.3) is 0 Å². The Morgan fingerprint density at radius 1 is 1.35 bits per heavy atom. The average molecular weight is 356 g/mol. The molecule has 0 spiro atoms. The molecule has 2 aromatic heterocycles. The molecule has 3 heterocycles. The Morgan fingerprint density at radius 2 is 2.23 bits per heavy atom. The van der Waals surface area contributed by atoms with Crippen molar-refractivity contribution in [1.82, 2.24) is 20.2 Å². The lowest BCUT2D eigenvalue weighted by Crippen LogP contribution is -2.40. The van der Waals surface area contributed by atoms with E-state index >= 15 is 0 Å². The van der Waals surface area contributed by atoms with Crippen molar-refractivity contribution >= 4 is 11.8 Å². The third-order valence-electron chi connectivity index (χ3n) is 4.62. The highest BCUT2D eigenvalue weighted by molar-refractivity contribution is 5.92. The Morgan fingerprint density at radius 3 is 2.96 bits per heavy atom. The van der Waals surface area contributed by atoms with Crippen LogP contribution >= 0.6 is 0 Å². The lowest BCUT2D eigenvalue weighted by atomic mass is 9.93. The van der Waals surface area contributed by atoms with E-state index in [1.54, 1.807) is 6.20 Å². The monoisotopic (exact) mass is 356 g/mol. The Hall–Kier alpha value is -2.70. The molecule has 1 N–H and O–H groups in total. The fourth-order valence-electron chi connectivity index (χ4n) is 3.25. The molecule has 0 aliphatic carbocycles. The van der Waals surface area contributed by atoms with Crippen LogP contribution in [0.2, 0.25) is 0 Å². The van der Waals surface area contributed by atoms with Gasteiger partial charge in [0.2, 0.25) is 5.91 Å². The molecule has 0 radical (unpaired) electrons. The van der Waals surface area contributed by atoms with Crippen LogP contribution in [0.4, 0.5) is 0 Å². The summed E-state index contributed by atoms with van der Waals surface area (Å²) in [6.45, 7) is 3.69. The van der Waals surface area contributed by atoms with Crippen molar-refractivity contribution in [1.29, 1.82) is 0 Å². The first-order valence-corrected chi connectivity index (χ1v) is 8.99. The topological polar surface area (TPSA) is 88.3 Å². The van der Waals surface area contributed by atoms with Gasteiger partial charge in [-0.2, -0.15) is 0 Å². The molecule has 1 aliphatic rings. The number of hydrogen-bond donors (Lipinski definition) is 1. The molecule has 1 saturated heterocycles. The van der Waals surface area contributed by atoms with Gasteiger partial charge in [0, 0.05) is 31.9 Å². The number of furan rings is 1. The smallest absolute Gasteiger partial charge is 0.274 e. The average Bonchev–Trinajstić information content (AvgIpc) is 3.10. The van der Waals surface area contributed by atoms with Crippen molar-refractivity contribution in [3.05, 3.63) is 47.9 Å². The minimum Gasteiger partial charge on any atom is -0.465 e. The molecule has 2 aromatic rings. The summed E-state index contributed by atoms with van der Waals surface area (Å²) < 4.78 is 5.44. The fraction of sp³-hybridized carbons (Fsp3) is 0.474. The molecule has 0 aromatic carbocycles. The van der Waals surface area contributed by atoms with Gasteiger partial charge in [0.25, 0.3) is 5.91 Å². The molecule has 7 nitrogen and oxygen atoms in total. The molecule has 0 bridgehead atoms. The number of aryl methyl sites for hydroxylation is 1. The zero-order valence-corrected chi connectivity index (χ0v) is 15.0. The Balaban J connectivity index is 1.43. The number of hydrogen-bond acceptors (Lipinski definition) is 5. The van der Waals surface area contributed by atoms with Gasteiger partial charge in [-0.3, -0.25) is 14.6 Å². The van der Waals surface area contributed by atoms with E-state index in [1.165, 1.54) is 12.4 Å². The van der Waals surface area contributed by atoms with Crippen LogP contribution in [-0.2, 0) is 11.3 Å². The van der Waals surface area contributed by atoms with E-state index in [4.69, 9.17) is 4.42 Å². The number of nitrogens with zero attached hydrogens (tertiary/aromatic N) is 3. The predicted molar refractivity (Wildman–Crippen MR) is 95.2 cm³/mol. The largest absolute Gasteiger partial charge is 0.465 e. The number of piperidine rings is 1. The van der Waals surface area contributed by atoms with Crippen LogP contribution in [0.1, 0.15) is 47.7 Å². The van der Waals surface area contributed by atoms with Gasteiger partial charge in [0.1, 0.15) is 17.2 Å². The lowest BCUT2D eigenvalue weighted by molar-refractivity contribution is -0.121. The van der Waals surface area contributed by atoms with Crippen LogP contribution in [0, 0.1) is 12.8 Å². The molecular formula is C19H24N4O3.